The van der Waals surface area contributed by atoms with Crippen LogP contribution < -0.4 is 5.73 Å². The van der Waals surface area contributed by atoms with Crippen LogP contribution in [0.4, 0.5) is 0 Å². The van der Waals surface area contributed by atoms with E-state index in [1.165, 1.54) is 6.42 Å². The van der Waals surface area contributed by atoms with Gasteiger partial charge in [0.2, 0.25) is 5.91 Å². The lowest BCUT2D eigenvalue weighted by Crippen LogP contribution is -2.45. The van der Waals surface area contributed by atoms with Gasteiger partial charge in [-0.1, -0.05) is 12.2 Å². The van der Waals surface area contributed by atoms with Gasteiger partial charge in [-0.2, -0.15) is 0 Å². The summed E-state index contributed by atoms with van der Waals surface area (Å²) in [7, 11) is 0. The molecule has 3 nitrogen and oxygen atoms in total. The van der Waals surface area contributed by atoms with Crippen LogP contribution in [0, 0.1) is 17.8 Å². The summed E-state index contributed by atoms with van der Waals surface area (Å²) < 4.78 is 0. The van der Waals surface area contributed by atoms with Crippen molar-refractivity contribution in [1.29, 1.82) is 0 Å². The van der Waals surface area contributed by atoms with E-state index >= 15 is 0 Å². The van der Waals surface area contributed by atoms with E-state index < -0.39 is 0 Å². The highest BCUT2D eigenvalue weighted by Crippen LogP contribution is 2.44. The van der Waals surface area contributed by atoms with Crippen LogP contribution in [0.5, 0.6) is 0 Å². The van der Waals surface area contributed by atoms with Crippen LogP contribution >= 0.6 is 0 Å². The maximum absolute atomic E-state index is 12.3. The van der Waals surface area contributed by atoms with Crippen molar-refractivity contribution in [2.75, 3.05) is 13.1 Å². The van der Waals surface area contributed by atoms with Gasteiger partial charge in [0.05, 0.1) is 0 Å². The summed E-state index contributed by atoms with van der Waals surface area (Å²) in [5.74, 6) is 1.90. The van der Waals surface area contributed by atoms with Crippen LogP contribution in [0.1, 0.15) is 25.7 Å². The first kappa shape index (κ1) is 10.3. The Hall–Kier alpha value is -0.830. The van der Waals surface area contributed by atoms with Gasteiger partial charge in [0.1, 0.15) is 0 Å². The summed E-state index contributed by atoms with van der Waals surface area (Å²) in [6, 6.07) is 0.309. The molecule has 0 aromatic heterocycles. The van der Waals surface area contributed by atoms with Crippen LogP contribution in [0.25, 0.3) is 0 Å². The van der Waals surface area contributed by atoms with E-state index in [4.69, 9.17) is 5.73 Å². The Bertz CT molecular complexity index is 318. The number of allylic oxidation sites excluding steroid dienone is 2. The van der Waals surface area contributed by atoms with Crippen LogP contribution in [-0.2, 0) is 4.79 Å². The van der Waals surface area contributed by atoms with E-state index in [9.17, 15) is 4.79 Å². The SMILES string of the molecule is NC1CCN(C(=O)C2CC3C=CC2C3)CC1. The molecular formula is C13H20N2O. The third kappa shape index (κ3) is 1.67. The highest BCUT2D eigenvalue weighted by atomic mass is 16.2. The summed E-state index contributed by atoms with van der Waals surface area (Å²) in [6.07, 6.45) is 8.80. The number of likely N-dealkylation sites (tertiary alicyclic amines) is 1. The third-order valence-corrected chi connectivity index (χ3v) is 4.45. The van der Waals surface area contributed by atoms with Gasteiger partial charge in [-0.3, -0.25) is 4.79 Å². The van der Waals surface area contributed by atoms with Crippen molar-refractivity contribution < 1.29 is 4.79 Å². The zero-order valence-electron chi connectivity index (χ0n) is 9.64. The standard InChI is InChI=1S/C13H20N2O/c14-11-3-5-15(6-4-11)13(16)12-8-9-1-2-10(12)7-9/h1-2,9-12H,3-8,14H2. The molecule has 2 N–H and O–H groups in total. The molecule has 16 heavy (non-hydrogen) atoms. The molecule has 1 amide bonds. The minimum Gasteiger partial charge on any atom is -0.342 e. The Labute approximate surface area is 96.7 Å². The second-order valence-electron chi connectivity index (χ2n) is 5.55. The topological polar surface area (TPSA) is 46.3 Å². The highest BCUT2D eigenvalue weighted by Gasteiger charge is 2.41. The third-order valence-electron chi connectivity index (χ3n) is 4.45. The van der Waals surface area contributed by atoms with Crippen molar-refractivity contribution in [2.24, 2.45) is 23.5 Å². The van der Waals surface area contributed by atoms with Gasteiger partial charge in [0.25, 0.3) is 0 Å². The molecule has 0 aromatic carbocycles. The maximum Gasteiger partial charge on any atom is 0.226 e. The molecule has 1 heterocycles. The summed E-state index contributed by atoms with van der Waals surface area (Å²) in [5.41, 5.74) is 5.86. The van der Waals surface area contributed by atoms with E-state index in [1.54, 1.807) is 0 Å². The molecule has 2 aliphatic carbocycles. The predicted octanol–water partition coefficient (Wildman–Crippen LogP) is 1.15. The summed E-state index contributed by atoms with van der Waals surface area (Å²) in [5, 5.41) is 0. The molecule has 1 saturated heterocycles. The fourth-order valence-corrected chi connectivity index (χ4v) is 3.42. The number of nitrogens with two attached hydrogens (primary N) is 1. The molecular weight excluding hydrogens is 200 g/mol. The molecule has 88 valence electrons. The minimum absolute atomic E-state index is 0.282. The van der Waals surface area contributed by atoms with Crippen LogP contribution in [-0.4, -0.2) is 29.9 Å². The number of nitrogens with zero attached hydrogens (tertiary/aromatic N) is 1. The van der Waals surface area contributed by atoms with Crippen molar-refractivity contribution in [3.63, 3.8) is 0 Å². The van der Waals surface area contributed by atoms with E-state index in [0.717, 1.165) is 32.4 Å². The molecule has 3 atom stereocenters. The lowest BCUT2D eigenvalue weighted by atomic mass is 9.91. The van der Waals surface area contributed by atoms with Gasteiger partial charge < -0.3 is 10.6 Å². The fourth-order valence-electron chi connectivity index (χ4n) is 3.42. The van der Waals surface area contributed by atoms with Crippen molar-refractivity contribution in [1.82, 2.24) is 4.90 Å². The first-order valence-electron chi connectivity index (χ1n) is 6.47. The van der Waals surface area contributed by atoms with E-state index in [2.05, 4.69) is 12.2 Å². The average Bonchev–Trinajstić information content (AvgIpc) is 2.91. The zero-order chi connectivity index (χ0) is 11.1. The van der Waals surface area contributed by atoms with Gasteiger partial charge in [-0.15, -0.1) is 0 Å². The number of piperidine rings is 1. The molecule has 0 aromatic rings. The van der Waals surface area contributed by atoms with E-state index in [0.29, 0.717) is 23.8 Å². The quantitative estimate of drug-likeness (QED) is 0.674. The highest BCUT2D eigenvalue weighted by molar-refractivity contribution is 5.80. The number of carbonyl (C=O) groups excluding carboxylic acids is 1. The molecule has 0 spiro atoms. The Morgan fingerprint density at radius 1 is 1.19 bits per heavy atom. The number of hydrogen-bond acceptors (Lipinski definition) is 2. The number of hydrogen-bond donors (Lipinski definition) is 1. The second kappa shape index (κ2) is 3.88. The van der Waals surface area contributed by atoms with Crippen molar-refractivity contribution >= 4 is 5.91 Å². The molecule has 1 saturated carbocycles. The van der Waals surface area contributed by atoms with Crippen LogP contribution in [0.3, 0.4) is 0 Å². The van der Waals surface area contributed by atoms with Gasteiger partial charge in [0.15, 0.2) is 0 Å². The van der Waals surface area contributed by atoms with Gasteiger partial charge >= 0.3 is 0 Å². The maximum atomic E-state index is 12.3. The second-order valence-corrected chi connectivity index (χ2v) is 5.55. The predicted molar refractivity (Wildman–Crippen MR) is 62.6 cm³/mol. The molecule has 3 rings (SSSR count). The lowest BCUT2D eigenvalue weighted by Gasteiger charge is -2.33. The van der Waals surface area contributed by atoms with Crippen molar-refractivity contribution in [2.45, 2.75) is 31.7 Å². The average molecular weight is 220 g/mol. The Morgan fingerprint density at radius 3 is 2.50 bits per heavy atom. The number of fused-ring (bicyclic) bond motifs is 2. The lowest BCUT2D eigenvalue weighted by molar-refractivity contribution is -0.137. The Kier molecular flexibility index (Phi) is 2.51. The zero-order valence-corrected chi connectivity index (χ0v) is 9.64. The van der Waals surface area contributed by atoms with Gasteiger partial charge in [0, 0.05) is 25.0 Å². The summed E-state index contributed by atoms with van der Waals surface area (Å²) in [4.78, 5) is 14.4. The monoisotopic (exact) mass is 220 g/mol. The van der Waals surface area contributed by atoms with Crippen LogP contribution in [0.15, 0.2) is 12.2 Å². The smallest absolute Gasteiger partial charge is 0.226 e. The van der Waals surface area contributed by atoms with Gasteiger partial charge in [-0.05, 0) is 37.5 Å². The van der Waals surface area contributed by atoms with Crippen molar-refractivity contribution in [3.05, 3.63) is 12.2 Å². The molecule has 3 aliphatic rings. The number of carbonyl (C=O) groups is 1. The fraction of sp³-hybridized carbons (Fsp3) is 0.769. The summed E-state index contributed by atoms with van der Waals surface area (Å²) in [6.45, 7) is 1.75. The molecule has 0 radical (unpaired) electrons. The molecule has 3 heteroatoms. The summed E-state index contributed by atoms with van der Waals surface area (Å²) >= 11 is 0. The van der Waals surface area contributed by atoms with Crippen molar-refractivity contribution in [3.8, 4) is 0 Å². The molecule has 2 fully saturated rings. The van der Waals surface area contributed by atoms with Gasteiger partial charge in [-0.25, -0.2) is 0 Å². The minimum atomic E-state index is 0.282. The molecule has 2 bridgehead atoms. The first-order valence-corrected chi connectivity index (χ1v) is 6.47. The first-order chi connectivity index (χ1) is 7.74. The Balaban J connectivity index is 1.63. The van der Waals surface area contributed by atoms with E-state index in [-0.39, 0.29) is 5.92 Å². The largest absolute Gasteiger partial charge is 0.342 e. The molecule has 3 unspecified atom stereocenters. The molecule has 1 aliphatic heterocycles. The number of rotatable bonds is 1. The Morgan fingerprint density at radius 2 is 1.94 bits per heavy atom. The number of amides is 1. The normalized spacial score (nSPS) is 38.3. The van der Waals surface area contributed by atoms with Crippen LogP contribution in [0.2, 0.25) is 0 Å². The van der Waals surface area contributed by atoms with E-state index in [1.807, 2.05) is 4.90 Å².